The molecule has 0 saturated heterocycles. The minimum Gasteiger partial charge on any atom is -0.467 e. The van der Waals surface area contributed by atoms with Crippen molar-refractivity contribution >= 4 is 17.4 Å². The van der Waals surface area contributed by atoms with Gasteiger partial charge in [0, 0.05) is 0 Å². The van der Waals surface area contributed by atoms with Crippen LogP contribution in [-0.2, 0) is 17.8 Å². The smallest absolute Gasteiger partial charge is 0.229 e. The van der Waals surface area contributed by atoms with Crippen molar-refractivity contribution in [1.29, 1.82) is 0 Å². The number of hydrogen-bond donors (Lipinski definition) is 2. The number of hydrogen-bond acceptors (Lipinski definition) is 4. The summed E-state index contributed by atoms with van der Waals surface area (Å²) < 4.78 is 18.1. The summed E-state index contributed by atoms with van der Waals surface area (Å²) >= 11 is 0. The van der Waals surface area contributed by atoms with Crippen molar-refractivity contribution in [2.24, 2.45) is 0 Å². The van der Waals surface area contributed by atoms with Gasteiger partial charge in [0.05, 0.1) is 31.1 Å². The molecule has 0 radical (unpaired) electrons. The van der Waals surface area contributed by atoms with Gasteiger partial charge in [-0.05, 0) is 42.0 Å². The minimum atomic E-state index is -0.321. The molecule has 2 aromatic heterocycles. The van der Waals surface area contributed by atoms with E-state index in [-0.39, 0.29) is 18.1 Å². The molecule has 0 saturated carbocycles. The van der Waals surface area contributed by atoms with Gasteiger partial charge >= 0.3 is 0 Å². The molecule has 0 bridgehead atoms. The Labute approximate surface area is 138 Å². The first kappa shape index (κ1) is 15.7. The van der Waals surface area contributed by atoms with E-state index in [0.717, 1.165) is 17.0 Å². The zero-order valence-electron chi connectivity index (χ0n) is 12.8. The first-order valence-corrected chi connectivity index (χ1v) is 7.46. The number of halogens is 1. The molecule has 0 aliphatic carbocycles. The Balaban J connectivity index is 1.51. The van der Waals surface area contributed by atoms with Crippen LogP contribution in [-0.4, -0.2) is 10.9 Å². The number of nitrogens with one attached hydrogen (secondary N) is 2. The lowest BCUT2D eigenvalue weighted by atomic mass is 10.1. The molecule has 5 nitrogen and oxygen atoms in total. The maximum Gasteiger partial charge on any atom is 0.229 e. The SMILES string of the molecule is O=C(Cc1ccc(F)cc1)Nc1ccc(NCc2ccco2)cn1. The molecule has 3 aromatic rings. The lowest BCUT2D eigenvalue weighted by molar-refractivity contribution is -0.115. The highest BCUT2D eigenvalue weighted by atomic mass is 19.1. The van der Waals surface area contributed by atoms with E-state index in [0.29, 0.717) is 12.4 Å². The third-order valence-electron chi connectivity index (χ3n) is 3.36. The Morgan fingerprint density at radius 2 is 1.96 bits per heavy atom. The van der Waals surface area contributed by atoms with E-state index in [9.17, 15) is 9.18 Å². The first-order chi connectivity index (χ1) is 11.7. The average Bonchev–Trinajstić information content (AvgIpc) is 3.10. The Bertz CT molecular complexity index is 784. The minimum absolute atomic E-state index is 0.167. The van der Waals surface area contributed by atoms with Gasteiger partial charge in [0.2, 0.25) is 5.91 Å². The van der Waals surface area contributed by atoms with E-state index in [1.807, 2.05) is 18.2 Å². The van der Waals surface area contributed by atoms with Gasteiger partial charge in [-0.3, -0.25) is 4.79 Å². The fourth-order valence-electron chi connectivity index (χ4n) is 2.15. The zero-order valence-corrected chi connectivity index (χ0v) is 12.8. The standard InChI is InChI=1S/C18H16FN3O2/c19-14-5-3-13(4-6-14)10-18(23)22-17-8-7-15(11-21-17)20-12-16-2-1-9-24-16/h1-9,11,20H,10,12H2,(H,21,22,23). The van der Waals surface area contributed by atoms with Gasteiger partial charge in [-0.25, -0.2) is 9.37 Å². The first-order valence-electron chi connectivity index (χ1n) is 7.46. The molecule has 0 fully saturated rings. The van der Waals surface area contributed by atoms with Crippen LogP contribution in [0.5, 0.6) is 0 Å². The third kappa shape index (κ3) is 4.42. The number of carbonyl (C=O) groups excluding carboxylic acids is 1. The van der Waals surface area contributed by atoms with E-state index in [1.165, 1.54) is 12.1 Å². The Kier molecular flexibility index (Phi) is 4.86. The second-order valence-electron chi connectivity index (χ2n) is 5.22. The summed E-state index contributed by atoms with van der Waals surface area (Å²) in [5.74, 6) is 0.765. The number of carbonyl (C=O) groups is 1. The summed E-state index contributed by atoms with van der Waals surface area (Å²) in [6, 6.07) is 13.1. The lowest BCUT2D eigenvalue weighted by Crippen LogP contribution is -2.15. The highest BCUT2D eigenvalue weighted by Crippen LogP contribution is 2.12. The molecule has 0 atom stereocenters. The van der Waals surface area contributed by atoms with E-state index in [1.54, 1.807) is 30.7 Å². The fraction of sp³-hybridized carbons (Fsp3) is 0.111. The predicted octanol–water partition coefficient (Wildman–Crippen LogP) is 3.61. The number of furan rings is 1. The summed E-state index contributed by atoms with van der Waals surface area (Å²) in [6.45, 7) is 0.560. The van der Waals surface area contributed by atoms with Crippen LogP contribution < -0.4 is 10.6 Å². The van der Waals surface area contributed by atoms with Crippen molar-refractivity contribution in [2.45, 2.75) is 13.0 Å². The Morgan fingerprint density at radius 1 is 1.12 bits per heavy atom. The molecular weight excluding hydrogens is 309 g/mol. The second-order valence-corrected chi connectivity index (χ2v) is 5.22. The van der Waals surface area contributed by atoms with Crippen LogP contribution in [0.3, 0.4) is 0 Å². The van der Waals surface area contributed by atoms with Crippen molar-refractivity contribution in [3.8, 4) is 0 Å². The summed E-state index contributed by atoms with van der Waals surface area (Å²) in [6.07, 6.45) is 3.42. The molecule has 3 rings (SSSR count). The number of nitrogens with zero attached hydrogens (tertiary/aromatic N) is 1. The molecule has 6 heteroatoms. The van der Waals surface area contributed by atoms with Crippen LogP contribution >= 0.6 is 0 Å². The van der Waals surface area contributed by atoms with E-state index in [2.05, 4.69) is 15.6 Å². The lowest BCUT2D eigenvalue weighted by Gasteiger charge is -2.07. The van der Waals surface area contributed by atoms with Crippen molar-refractivity contribution in [3.63, 3.8) is 0 Å². The number of benzene rings is 1. The monoisotopic (exact) mass is 325 g/mol. The highest BCUT2D eigenvalue weighted by Gasteiger charge is 2.05. The Morgan fingerprint density at radius 3 is 2.62 bits per heavy atom. The molecule has 0 aliphatic heterocycles. The van der Waals surface area contributed by atoms with Crippen molar-refractivity contribution in [2.75, 3.05) is 10.6 Å². The van der Waals surface area contributed by atoms with Crippen LogP contribution in [0.25, 0.3) is 0 Å². The average molecular weight is 325 g/mol. The highest BCUT2D eigenvalue weighted by molar-refractivity contribution is 5.91. The van der Waals surface area contributed by atoms with E-state index >= 15 is 0 Å². The van der Waals surface area contributed by atoms with E-state index in [4.69, 9.17) is 4.42 Å². The largest absolute Gasteiger partial charge is 0.467 e. The molecule has 1 amide bonds. The van der Waals surface area contributed by atoms with Gasteiger partial charge in [-0.15, -0.1) is 0 Å². The van der Waals surface area contributed by atoms with Gasteiger partial charge in [-0.2, -0.15) is 0 Å². The predicted molar refractivity (Wildman–Crippen MR) is 89.0 cm³/mol. The molecule has 2 N–H and O–H groups in total. The fourth-order valence-corrected chi connectivity index (χ4v) is 2.15. The van der Waals surface area contributed by atoms with Crippen LogP contribution in [0, 0.1) is 5.82 Å². The molecule has 1 aromatic carbocycles. The van der Waals surface area contributed by atoms with Gasteiger partial charge in [0.15, 0.2) is 0 Å². The third-order valence-corrected chi connectivity index (χ3v) is 3.36. The topological polar surface area (TPSA) is 67.2 Å². The molecule has 0 unspecified atom stereocenters. The summed E-state index contributed by atoms with van der Waals surface area (Å²) in [7, 11) is 0. The summed E-state index contributed by atoms with van der Waals surface area (Å²) in [4.78, 5) is 16.1. The summed E-state index contributed by atoms with van der Waals surface area (Å²) in [5, 5.41) is 5.88. The number of rotatable bonds is 6. The molecule has 24 heavy (non-hydrogen) atoms. The van der Waals surface area contributed by atoms with Crippen molar-refractivity contribution in [3.05, 3.63) is 78.1 Å². The van der Waals surface area contributed by atoms with Gasteiger partial charge in [-0.1, -0.05) is 12.1 Å². The quantitative estimate of drug-likeness (QED) is 0.726. The zero-order chi connectivity index (χ0) is 16.8. The van der Waals surface area contributed by atoms with Crippen molar-refractivity contribution < 1.29 is 13.6 Å². The second kappa shape index (κ2) is 7.41. The van der Waals surface area contributed by atoms with Crippen LogP contribution in [0.1, 0.15) is 11.3 Å². The van der Waals surface area contributed by atoms with Crippen LogP contribution in [0.15, 0.2) is 65.4 Å². The van der Waals surface area contributed by atoms with Gasteiger partial charge < -0.3 is 15.1 Å². The van der Waals surface area contributed by atoms with Gasteiger partial charge in [0.25, 0.3) is 0 Å². The number of amides is 1. The number of aromatic nitrogens is 1. The normalized spacial score (nSPS) is 10.4. The van der Waals surface area contributed by atoms with E-state index < -0.39 is 0 Å². The molecule has 2 heterocycles. The molecular formula is C18H16FN3O2. The van der Waals surface area contributed by atoms with Crippen LogP contribution in [0.4, 0.5) is 15.9 Å². The maximum atomic E-state index is 12.8. The summed E-state index contributed by atoms with van der Waals surface area (Å²) in [5.41, 5.74) is 1.56. The van der Waals surface area contributed by atoms with Gasteiger partial charge in [0.1, 0.15) is 17.4 Å². The van der Waals surface area contributed by atoms with Crippen molar-refractivity contribution in [1.82, 2.24) is 4.98 Å². The number of anilines is 2. The molecule has 0 aliphatic rings. The molecule has 122 valence electrons. The molecule has 0 spiro atoms. The van der Waals surface area contributed by atoms with Crippen LogP contribution in [0.2, 0.25) is 0 Å². The maximum absolute atomic E-state index is 12.8. The number of pyridine rings is 1. The Hall–Kier alpha value is -3.15.